The third kappa shape index (κ3) is 4.04. The molecule has 162 valence electrons. The van der Waals surface area contributed by atoms with Crippen molar-refractivity contribution in [3.05, 3.63) is 92.6 Å². The predicted molar refractivity (Wildman–Crippen MR) is 119 cm³/mol. The standard InChI is InChI=1S/C24H20N2O5S/c1-14-11-19(16(3)26(14)22-12-15(2)31-25-22)20(27)13-30-24(29)18-8-5-4-7-17(18)23(28)21-9-6-10-32-21/h4-12H,13H2,1-3H3. The number of benzene rings is 1. The third-order valence-corrected chi connectivity index (χ3v) is 5.92. The number of aryl methyl sites for hydroxylation is 2. The molecule has 0 aliphatic heterocycles. The number of nitrogens with zero attached hydrogens (tertiary/aromatic N) is 2. The Morgan fingerprint density at radius 2 is 1.75 bits per heavy atom. The van der Waals surface area contributed by atoms with Crippen LogP contribution in [0.1, 0.15) is 53.1 Å². The Kier molecular flexibility index (Phi) is 5.87. The highest BCUT2D eigenvalue weighted by molar-refractivity contribution is 7.12. The predicted octanol–water partition coefficient (Wildman–Crippen LogP) is 4.72. The van der Waals surface area contributed by atoms with Crippen molar-refractivity contribution in [3.8, 4) is 5.82 Å². The minimum absolute atomic E-state index is 0.127. The van der Waals surface area contributed by atoms with Gasteiger partial charge in [-0.05, 0) is 44.4 Å². The highest BCUT2D eigenvalue weighted by Crippen LogP contribution is 2.22. The van der Waals surface area contributed by atoms with E-state index >= 15 is 0 Å². The van der Waals surface area contributed by atoms with Gasteiger partial charge in [0.05, 0.1) is 10.4 Å². The molecule has 1 aromatic carbocycles. The van der Waals surface area contributed by atoms with Crippen molar-refractivity contribution < 1.29 is 23.6 Å². The summed E-state index contributed by atoms with van der Waals surface area (Å²) in [5, 5.41) is 5.80. The zero-order chi connectivity index (χ0) is 22.8. The van der Waals surface area contributed by atoms with Gasteiger partial charge in [0.25, 0.3) is 0 Å². The van der Waals surface area contributed by atoms with Crippen molar-refractivity contribution in [1.82, 2.24) is 9.72 Å². The Bertz CT molecular complexity index is 1310. The average molecular weight is 449 g/mol. The summed E-state index contributed by atoms with van der Waals surface area (Å²) in [7, 11) is 0. The van der Waals surface area contributed by atoms with Crippen LogP contribution in [0.3, 0.4) is 0 Å². The molecule has 0 spiro atoms. The lowest BCUT2D eigenvalue weighted by atomic mass is 10.0. The molecule has 0 fully saturated rings. The first-order valence-corrected chi connectivity index (χ1v) is 10.7. The van der Waals surface area contributed by atoms with Crippen LogP contribution in [-0.4, -0.2) is 33.9 Å². The molecule has 0 amide bonds. The van der Waals surface area contributed by atoms with Crippen LogP contribution in [-0.2, 0) is 4.74 Å². The van der Waals surface area contributed by atoms with E-state index in [-0.39, 0.29) is 22.7 Å². The first-order chi connectivity index (χ1) is 15.4. The highest BCUT2D eigenvalue weighted by atomic mass is 32.1. The molecule has 4 aromatic rings. The van der Waals surface area contributed by atoms with Crippen molar-refractivity contribution in [2.75, 3.05) is 6.61 Å². The van der Waals surface area contributed by atoms with Crippen LogP contribution in [0.15, 0.2) is 58.4 Å². The highest BCUT2D eigenvalue weighted by Gasteiger charge is 2.23. The van der Waals surface area contributed by atoms with Gasteiger partial charge in [-0.15, -0.1) is 11.3 Å². The van der Waals surface area contributed by atoms with Gasteiger partial charge in [-0.25, -0.2) is 4.79 Å². The van der Waals surface area contributed by atoms with E-state index in [4.69, 9.17) is 9.26 Å². The summed E-state index contributed by atoms with van der Waals surface area (Å²) in [6, 6.07) is 13.4. The number of rotatable bonds is 7. The molecule has 32 heavy (non-hydrogen) atoms. The SMILES string of the molecule is Cc1cc(-n2c(C)cc(C(=O)COC(=O)c3ccccc3C(=O)c3cccs3)c2C)no1. The lowest BCUT2D eigenvalue weighted by Gasteiger charge is -2.08. The minimum Gasteiger partial charge on any atom is -0.454 e. The lowest BCUT2D eigenvalue weighted by Crippen LogP contribution is -2.17. The van der Waals surface area contributed by atoms with Gasteiger partial charge in [0.1, 0.15) is 5.76 Å². The molecule has 0 saturated carbocycles. The monoisotopic (exact) mass is 448 g/mol. The number of hydrogen-bond donors (Lipinski definition) is 0. The molecule has 3 heterocycles. The molecule has 0 aliphatic rings. The first kappa shape index (κ1) is 21.5. The van der Waals surface area contributed by atoms with Crippen LogP contribution < -0.4 is 0 Å². The molecule has 0 N–H and O–H groups in total. The van der Waals surface area contributed by atoms with Gasteiger partial charge in [0.15, 0.2) is 12.4 Å². The van der Waals surface area contributed by atoms with E-state index in [0.29, 0.717) is 27.7 Å². The van der Waals surface area contributed by atoms with Crippen molar-refractivity contribution in [1.29, 1.82) is 0 Å². The van der Waals surface area contributed by atoms with Crippen LogP contribution >= 0.6 is 11.3 Å². The van der Waals surface area contributed by atoms with E-state index in [0.717, 1.165) is 5.69 Å². The van der Waals surface area contributed by atoms with Gasteiger partial charge in [-0.3, -0.25) is 14.2 Å². The Hall–Kier alpha value is -3.78. The van der Waals surface area contributed by atoms with Crippen LogP contribution in [0, 0.1) is 20.8 Å². The number of aromatic nitrogens is 2. The van der Waals surface area contributed by atoms with Crippen molar-refractivity contribution >= 4 is 28.9 Å². The summed E-state index contributed by atoms with van der Waals surface area (Å²) in [6.07, 6.45) is 0. The van der Waals surface area contributed by atoms with E-state index in [1.165, 1.54) is 17.4 Å². The van der Waals surface area contributed by atoms with Gasteiger partial charge >= 0.3 is 5.97 Å². The Morgan fingerprint density at radius 3 is 2.41 bits per heavy atom. The zero-order valence-electron chi connectivity index (χ0n) is 17.7. The maximum atomic E-state index is 12.8. The molecule has 0 bridgehead atoms. The Balaban J connectivity index is 1.51. The molecule has 3 aromatic heterocycles. The summed E-state index contributed by atoms with van der Waals surface area (Å²) in [6.45, 7) is 4.99. The number of ether oxygens (including phenoxy) is 1. The molecule has 7 nitrogen and oxygen atoms in total. The second kappa shape index (κ2) is 8.76. The van der Waals surface area contributed by atoms with E-state index in [1.807, 2.05) is 6.92 Å². The molecule has 0 atom stereocenters. The lowest BCUT2D eigenvalue weighted by molar-refractivity contribution is 0.0472. The summed E-state index contributed by atoms with van der Waals surface area (Å²) in [4.78, 5) is 38.8. The van der Waals surface area contributed by atoms with Gasteiger partial charge in [-0.2, -0.15) is 0 Å². The molecule has 0 radical (unpaired) electrons. The number of esters is 1. The smallest absolute Gasteiger partial charge is 0.339 e. The number of hydrogen-bond acceptors (Lipinski definition) is 7. The van der Waals surface area contributed by atoms with Crippen LogP contribution in [0.2, 0.25) is 0 Å². The van der Waals surface area contributed by atoms with Crippen molar-refractivity contribution in [3.63, 3.8) is 0 Å². The van der Waals surface area contributed by atoms with Gasteiger partial charge in [0, 0.05) is 28.6 Å². The summed E-state index contributed by atoms with van der Waals surface area (Å²) >= 11 is 1.30. The van der Waals surface area contributed by atoms with E-state index in [2.05, 4.69) is 5.16 Å². The largest absolute Gasteiger partial charge is 0.454 e. The van der Waals surface area contributed by atoms with Crippen LogP contribution in [0.5, 0.6) is 0 Å². The van der Waals surface area contributed by atoms with Crippen LogP contribution in [0.25, 0.3) is 5.82 Å². The number of ketones is 2. The fourth-order valence-corrected chi connectivity index (χ4v) is 4.22. The number of carbonyl (C=O) groups is 3. The summed E-state index contributed by atoms with van der Waals surface area (Å²) < 4.78 is 12.2. The van der Waals surface area contributed by atoms with E-state index < -0.39 is 12.6 Å². The first-order valence-electron chi connectivity index (χ1n) is 9.87. The third-order valence-electron chi connectivity index (χ3n) is 5.05. The van der Waals surface area contributed by atoms with E-state index in [9.17, 15) is 14.4 Å². The summed E-state index contributed by atoms with van der Waals surface area (Å²) in [5.74, 6) is -0.0928. The Labute approximate surface area is 188 Å². The number of thiophene rings is 1. The molecular weight excluding hydrogens is 428 g/mol. The minimum atomic E-state index is -0.722. The van der Waals surface area contributed by atoms with Crippen molar-refractivity contribution in [2.45, 2.75) is 20.8 Å². The molecule has 8 heteroatoms. The topological polar surface area (TPSA) is 91.4 Å². The molecule has 0 aliphatic carbocycles. The number of Topliss-reactive ketones (excluding diaryl/α,β-unsaturated/α-hetero) is 1. The van der Waals surface area contributed by atoms with Gasteiger partial charge in [0.2, 0.25) is 11.6 Å². The normalized spacial score (nSPS) is 10.8. The molecule has 0 unspecified atom stereocenters. The average Bonchev–Trinajstić information content (AvgIpc) is 3.52. The molecule has 0 saturated heterocycles. The quantitative estimate of drug-likeness (QED) is 0.300. The number of carbonyl (C=O) groups excluding carboxylic acids is 3. The molecular formula is C24H20N2O5S. The maximum Gasteiger partial charge on any atom is 0.339 e. The second-order valence-corrected chi connectivity index (χ2v) is 8.21. The molecule has 4 rings (SSSR count). The second-order valence-electron chi connectivity index (χ2n) is 7.27. The van der Waals surface area contributed by atoms with Crippen LogP contribution in [0.4, 0.5) is 0 Å². The van der Waals surface area contributed by atoms with Gasteiger partial charge < -0.3 is 9.26 Å². The Morgan fingerprint density at radius 1 is 1.00 bits per heavy atom. The fraction of sp³-hybridized carbons (Fsp3) is 0.167. The van der Waals surface area contributed by atoms with Gasteiger partial charge in [-0.1, -0.05) is 29.4 Å². The zero-order valence-corrected chi connectivity index (χ0v) is 18.6. The fourth-order valence-electron chi connectivity index (χ4n) is 3.54. The maximum absolute atomic E-state index is 12.8. The van der Waals surface area contributed by atoms with E-state index in [1.54, 1.807) is 66.3 Å². The summed E-state index contributed by atoms with van der Waals surface area (Å²) in [5.41, 5.74) is 2.27. The van der Waals surface area contributed by atoms with Crippen molar-refractivity contribution in [2.24, 2.45) is 0 Å².